The highest BCUT2D eigenvalue weighted by atomic mass is 79.9. The molecule has 1 fully saturated rings. The van der Waals surface area contributed by atoms with Crippen molar-refractivity contribution >= 4 is 21.7 Å². The number of piperidine rings is 1. The molecule has 2 rings (SSSR count). The molecule has 3 nitrogen and oxygen atoms in total. The number of anilines is 1. The van der Waals surface area contributed by atoms with Crippen LogP contribution in [-0.2, 0) is 0 Å². The standard InChI is InChI=1S/C12H18BrN3/c1-8-5-11(13)12(15-7-8)16-10-3-4-14-9(2)6-10/h5,7,9-10,14H,3-4,6H2,1-2H3,(H,15,16). The molecule has 0 aliphatic carbocycles. The van der Waals surface area contributed by atoms with Crippen LogP contribution in [-0.4, -0.2) is 23.6 Å². The second-order valence-corrected chi connectivity index (χ2v) is 5.42. The summed E-state index contributed by atoms with van der Waals surface area (Å²) in [5.41, 5.74) is 1.18. The molecule has 1 saturated heterocycles. The number of hydrogen-bond donors (Lipinski definition) is 2. The molecule has 1 aromatic rings. The van der Waals surface area contributed by atoms with E-state index in [0.29, 0.717) is 12.1 Å². The topological polar surface area (TPSA) is 37.0 Å². The Balaban J connectivity index is 2.02. The van der Waals surface area contributed by atoms with Crippen LogP contribution in [0.25, 0.3) is 0 Å². The molecule has 0 aromatic carbocycles. The van der Waals surface area contributed by atoms with Crippen molar-refractivity contribution in [1.82, 2.24) is 10.3 Å². The van der Waals surface area contributed by atoms with Gasteiger partial charge in [-0.05, 0) is 60.8 Å². The molecule has 0 amide bonds. The van der Waals surface area contributed by atoms with E-state index in [0.717, 1.165) is 29.7 Å². The van der Waals surface area contributed by atoms with Gasteiger partial charge < -0.3 is 10.6 Å². The quantitative estimate of drug-likeness (QED) is 0.876. The molecule has 0 bridgehead atoms. The summed E-state index contributed by atoms with van der Waals surface area (Å²) >= 11 is 3.55. The van der Waals surface area contributed by atoms with E-state index in [4.69, 9.17) is 0 Å². The smallest absolute Gasteiger partial charge is 0.140 e. The Morgan fingerprint density at radius 3 is 3.06 bits per heavy atom. The lowest BCUT2D eigenvalue weighted by Crippen LogP contribution is -2.41. The first-order valence-corrected chi connectivity index (χ1v) is 6.56. The van der Waals surface area contributed by atoms with Crippen LogP contribution in [0, 0.1) is 6.92 Å². The van der Waals surface area contributed by atoms with Crippen molar-refractivity contribution in [2.45, 2.75) is 38.8 Å². The Hall–Kier alpha value is -0.610. The van der Waals surface area contributed by atoms with Crippen LogP contribution in [0.4, 0.5) is 5.82 Å². The molecule has 4 heteroatoms. The fourth-order valence-electron chi connectivity index (χ4n) is 2.10. The summed E-state index contributed by atoms with van der Waals surface area (Å²) in [6, 6.07) is 3.22. The maximum Gasteiger partial charge on any atom is 0.140 e. The first-order valence-electron chi connectivity index (χ1n) is 5.77. The largest absolute Gasteiger partial charge is 0.366 e. The lowest BCUT2D eigenvalue weighted by atomic mass is 10.0. The monoisotopic (exact) mass is 283 g/mol. The van der Waals surface area contributed by atoms with E-state index in [1.807, 2.05) is 13.1 Å². The van der Waals surface area contributed by atoms with Crippen molar-refractivity contribution in [2.24, 2.45) is 0 Å². The van der Waals surface area contributed by atoms with Gasteiger partial charge in [-0.2, -0.15) is 0 Å². The number of nitrogens with zero attached hydrogens (tertiary/aromatic N) is 1. The van der Waals surface area contributed by atoms with Gasteiger partial charge >= 0.3 is 0 Å². The van der Waals surface area contributed by atoms with E-state index in [-0.39, 0.29) is 0 Å². The van der Waals surface area contributed by atoms with Crippen LogP contribution < -0.4 is 10.6 Å². The zero-order valence-electron chi connectivity index (χ0n) is 9.76. The van der Waals surface area contributed by atoms with Gasteiger partial charge in [0.05, 0.1) is 4.47 Å². The summed E-state index contributed by atoms with van der Waals surface area (Å²) in [5.74, 6) is 0.963. The third-order valence-electron chi connectivity index (χ3n) is 2.94. The molecule has 2 unspecified atom stereocenters. The lowest BCUT2D eigenvalue weighted by molar-refractivity contribution is 0.395. The minimum Gasteiger partial charge on any atom is -0.366 e. The molecule has 2 heterocycles. The van der Waals surface area contributed by atoms with Gasteiger partial charge in [0.25, 0.3) is 0 Å². The summed E-state index contributed by atoms with van der Waals surface area (Å²) in [7, 11) is 0. The molecule has 0 spiro atoms. The fourth-order valence-corrected chi connectivity index (χ4v) is 2.67. The summed E-state index contributed by atoms with van der Waals surface area (Å²) in [4.78, 5) is 4.42. The minimum absolute atomic E-state index is 0.530. The molecule has 2 atom stereocenters. The Labute approximate surface area is 105 Å². The first kappa shape index (κ1) is 11.9. The van der Waals surface area contributed by atoms with E-state index in [1.165, 1.54) is 5.56 Å². The number of nitrogens with one attached hydrogen (secondary N) is 2. The zero-order valence-corrected chi connectivity index (χ0v) is 11.3. The fraction of sp³-hybridized carbons (Fsp3) is 0.583. The molecule has 1 aromatic heterocycles. The number of hydrogen-bond acceptors (Lipinski definition) is 3. The third kappa shape index (κ3) is 2.95. The van der Waals surface area contributed by atoms with Crippen LogP contribution in [0.5, 0.6) is 0 Å². The van der Waals surface area contributed by atoms with Gasteiger partial charge in [0.15, 0.2) is 0 Å². The van der Waals surface area contributed by atoms with Gasteiger partial charge in [-0.1, -0.05) is 0 Å². The van der Waals surface area contributed by atoms with E-state index in [2.05, 4.69) is 44.5 Å². The maximum atomic E-state index is 4.42. The average Bonchev–Trinajstić information content (AvgIpc) is 2.22. The van der Waals surface area contributed by atoms with Gasteiger partial charge in [0.1, 0.15) is 5.82 Å². The summed E-state index contributed by atoms with van der Waals surface area (Å²) < 4.78 is 1.05. The van der Waals surface area contributed by atoms with Crippen LogP contribution in [0.3, 0.4) is 0 Å². The Morgan fingerprint density at radius 2 is 2.38 bits per heavy atom. The van der Waals surface area contributed by atoms with Crippen molar-refractivity contribution in [3.05, 3.63) is 22.3 Å². The highest BCUT2D eigenvalue weighted by molar-refractivity contribution is 9.10. The lowest BCUT2D eigenvalue weighted by Gasteiger charge is -2.29. The number of rotatable bonds is 2. The van der Waals surface area contributed by atoms with Gasteiger partial charge in [0.2, 0.25) is 0 Å². The van der Waals surface area contributed by atoms with Gasteiger partial charge in [0, 0.05) is 18.3 Å². The molecule has 2 N–H and O–H groups in total. The van der Waals surface area contributed by atoms with E-state index >= 15 is 0 Å². The summed E-state index contributed by atoms with van der Waals surface area (Å²) in [5, 5.41) is 6.96. The SMILES string of the molecule is Cc1cnc(NC2CCNC(C)C2)c(Br)c1. The molecule has 16 heavy (non-hydrogen) atoms. The molecular weight excluding hydrogens is 266 g/mol. The number of pyridine rings is 1. The van der Waals surface area contributed by atoms with Crippen molar-refractivity contribution in [3.63, 3.8) is 0 Å². The van der Waals surface area contributed by atoms with E-state index in [9.17, 15) is 0 Å². The van der Waals surface area contributed by atoms with Crippen molar-refractivity contribution in [3.8, 4) is 0 Å². The predicted octanol–water partition coefficient (Wildman–Crippen LogP) is 2.70. The highest BCUT2D eigenvalue weighted by Crippen LogP contribution is 2.23. The summed E-state index contributed by atoms with van der Waals surface area (Å²) in [6.45, 7) is 5.36. The molecule has 1 aliphatic rings. The Morgan fingerprint density at radius 1 is 1.56 bits per heavy atom. The summed E-state index contributed by atoms with van der Waals surface area (Å²) in [6.07, 6.45) is 4.21. The van der Waals surface area contributed by atoms with Crippen LogP contribution in [0.15, 0.2) is 16.7 Å². The number of halogens is 1. The second-order valence-electron chi connectivity index (χ2n) is 4.56. The van der Waals surface area contributed by atoms with Crippen LogP contribution in [0.1, 0.15) is 25.3 Å². The molecular formula is C12H18BrN3. The molecule has 0 radical (unpaired) electrons. The Kier molecular flexibility index (Phi) is 3.82. The second kappa shape index (κ2) is 5.15. The van der Waals surface area contributed by atoms with Crippen molar-refractivity contribution in [1.29, 1.82) is 0 Å². The predicted molar refractivity (Wildman–Crippen MR) is 70.8 cm³/mol. The van der Waals surface area contributed by atoms with Crippen molar-refractivity contribution < 1.29 is 0 Å². The first-order chi connectivity index (χ1) is 7.65. The third-order valence-corrected chi connectivity index (χ3v) is 3.55. The molecule has 0 saturated carbocycles. The Bertz CT molecular complexity index is 367. The van der Waals surface area contributed by atoms with Gasteiger partial charge in [-0.15, -0.1) is 0 Å². The highest BCUT2D eigenvalue weighted by Gasteiger charge is 2.18. The van der Waals surface area contributed by atoms with E-state index in [1.54, 1.807) is 0 Å². The van der Waals surface area contributed by atoms with E-state index < -0.39 is 0 Å². The van der Waals surface area contributed by atoms with Crippen LogP contribution in [0.2, 0.25) is 0 Å². The number of aromatic nitrogens is 1. The normalized spacial score (nSPS) is 25.4. The average molecular weight is 284 g/mol. The van der Waals surface area contributed by atoms with Gasteiger partial charge in [-0.25, -0.2) is 4.98 Å². The molecule has 88 valence electrons. The van der Waals surface area contributed by atoms with Gasteiger partial charge in [-0.3, -0.25) is 0 Å². The minimum atomic E-state index is 0.530. The number of aryl methyl sites for hydroxylation is 1. The molecule has 1 aliphatic heterocycles. The van der Waals surface area contributed by atoms with Crippen molar-refractivity contribution in [2.75, 3.05) is 11.9 Å². The van der Waals surface area contributed by atoms with Crippen LogP contribution >= 0.6 is 15.9 Å². The maximum absolute atomic E-state index is 4.42. The zero-order chi connectivity index (χ0) is 11.5.